The predicted molar refractivity (Wildman–Crippen MR) is 74.2 cm³/mol. The molecule has 1 fully saturated rings. The number of carbonyl (C=O) groups excluding carboxylic acids is 1. The minimum Gasteiger partial charge on any atom is -0.301 e. The lowest BCUT2D eigenvalue weighted by molar-refractivity contribution is 0.0966. The fourth-order valence-corrected chi connectivity index (χ4v) is 2.97. The van der Waals surface area contributed by atoms with E-state index in [-0.39, 0.29) is 5.78 Å². The van der Waals surface area contributed by atoms with Crippen molar-refractivity contribution in [3.05, 3.63) is 34.9 Å². The number of rotatable bonds is 4. The Morgan fingerprint density at radius 2 is 1.88 bits per heavy atom. The van der Waals surface area contributed by atoms with Gasteiger partial charge < -0.3 is 4.90 Å². The maximum Gasteiger partial charge on any atom is 0.164 e. The Morgan fingerprint density at radius 3 is 2.53 bits per heavy atom. The van der Waals surface area contributed by atoms with E-state index in [1.54, 1.807) is 24.3 Å². The zero-order valence-electron chi connectivity index (χ0n) is 9.69. The van der Waals surface area contributed by atoms with Crippen molar-refractivity contribution in [1.29, 1.82) is 0 Å². The summed E-state index contributed by atoms with van der Waals surface area (Å²) in [5, 5.41) is 0.676. The molecule has 1 aromatic rings. The molecule has 2 rings (SSSR count). The Bertz CT molecular complexity index is 374. The lowest BCUT2D eigenvalue weighted by Crippen LogP contribution is -2.34. The second-order valence-electron chi connectivity index (χ2n) is 4.13. The molecule has 1 aliphatic rings. The summed E-state index contributed by atoms with van der Waals surface area (Å²) >= 11 is 7.78. The molecule has 0 saturated carbocycles. The van der Waals surface area contributed by atoms with Crippen LogP contribution in [-0.2, 0) is 0 Å². The van der Waals surface area contributed by atoms with Gasteiger partial charge in [0.05, 0.1) is 0 Å². The van der Waals surface area contributed by atoms with E-state index in [9.17, 15) is 4.79 Å². The minimum absolute atomic E-state index is 0.208. The number of Topliss-reactive ketones (excluding diaryl/α,β-unsaturated/α-hetero) is 1. The van der Waals surface area contributed by atoms with E-state index in [0.717, 1.165) is 25.2 Å². The molecule has 0 atom stereocenters. The molecule has 92 valence electrons. The van der Waals surface area contributed by atoms with Crippen LogP contribution in [0.4, 0.5) is 0 Å². The molecule has 0 spiro atoms. The van der Waals surface area contributed by atoms with E-state index >= 15 is 0 Å². The summed E-state index contributed by atoms with van der Waals surface area (Å²) in [6.07, 6.45) is 0.603. The highest BCUT2D eigenvalue weighted by Gasteiger charge is 2.12. The molecule has 1 heterocycles. The second-order valence-corrected chi connectivity index (χ2v) is 5.80. The van der Waals surface area contributed by atoms with Crippen LogP contribution in [0.2, 0.25) is 5.02 Å². The third-order valence-corrected chi connectivity index (χ3v) is 4.12. The van der Waals surface area contributed by atoms with Crippen molar-refractivity contribution in [2.24, 2.45) is 0 Å². The van der Waals surface area contributed by atoms with Gasteiger partial charge in [-0.05, 0) is 24.3 Å². The number of hydrogen-bond acceptors (Lipinski definition) is 3. The Labute approximate surface area is 111 Å². The van der Waals surface area contributed by atoms with Crippen LogP contribution in [0.5, 0.6) is 0 Å². The van der Waals surface area contributed by atoms with Gasteiger partial charge in [0.25, 0.3) is 0 Å². The minimum atomic E-state index is 0.208. The fraction of sp³-hybridized carbons (Fsp3) is 0.462. The van der Waals surface area contributed by atoms with Crippen molar-refractivity contribution in [2.45, 2.75) is 6.42 Å². The van der Waals surface area contributed by atoms with Crippen LogP contribution < -0.4 is 0 Å². The summed E-state index contributed by atoms with van der Waals surface area (Å²) in [6, 6.07) is 7.14. The van der Waals surface area contributed by atoms with Crippen LogP contribution in [0, 0.1) is 0 Å². The van der Waals surface area contributed by atoms with Gasteiger partial charge in [0.2, 0.25) is 0 Å². The summed E-state index contributed by atoms with van der Waals surface area (Å²) in [7, 11) is 0. The first-order chi connectivity index (χ1) is 8.25. The number of halogens is 1. The monoisotopic (exact) mass is 269 g/mol. The SMILES string of the molecule is O=C(CCN1CCSCC1)c1ccc(Cl)cc1. The third-order valence-electron chi connectivity index (χ3n) is 2.92. The summed E-state index contributed by atoms with van der Waals surface area (Å²) < 4.78 is 0. The number of nitrogens with zero attached hydrogens (tertiary/aromatic N) is 1. The number of benzene rings is 1. The van der Waals surface area contributed by atoms with E-state index in [1.165, 1.54) is 11.5 Å². The van der Waals surface area contributed by atoms with Gasteiger partial charge in [-0.2, -0.15) is 11.8 Å². The molecule has 1 aliphatic heterocycles. The van der Waals surface area contributed by atoms with Crippen LogP contribution in [0.15, 0.2) is 24.3 Å². The molecular weight excluding hydrogens is 254 g/mol. The first-order valence-corrected chi connectivity index (χ1v) is 7.38. The molecule has 0 amide bonds. The Hall–Kier alpha value is -0.510. The van der Waals surface area contributed by atoms with E-state index in [0.29, 0.717) is 11.4 Å². The van der Waals surface area contributed by atoms with Gasteiger partial charge in [0.15, 0.2) is 5.78 Å². The lowest BCUT2D eigenvalue weighted by atomic mass is 10.1. The van der Waals surface area contributed by atoms with Gasteiger partial charge in [-0.3, -0.25) is 4.79 Å². The molecule has 0 radical (unpaired) electrons. The highest BCUT2D eigenvalue weighted by Crippen LogP contribution is 2.13. The van der Waals surface area contributed by atoms with Crippen molar-refractivity contribution in [1.82, 2.24) is 4.90 Å². The summed E-state index contributed by atoms with van der Waals surface area (Å²) in [4.78, 5) is 14.3. The zero-order chi connectivity index (χ0) is 12.1. The molecule has 0 bridgehead atoms. The van der Waals surface area contributed by atoms with E-state index < -0.39 is 0 Å². The van der Waals surface area contributed by atoms with Crippen LogP contribution in [0.1, 0.15) is 16.8 Å². The maximum absolute atomic E-state index is 11.9. The number of thioether (sulfide) groups is 1. The van der Waals surface area contributed by atoms with Gasteiger partial charge in [-0.1, -0.05) is 11.6 Å². The van der Waals surface area contributed by atoms with Crippen LogP contribution >= 0.6 is 23.4 Å². The number of hydrogen-bond donors (Lipinski definition) is 0. The number of carbonyl (C=O) groups is 1. The molecule has 4 heteroatoms. The summed E-state index contributed by atoms with van der Waals surface area (Å²) in [5.74, 6) is 2.59. The second kappa shape index (κ2) is 6.43. The van der Waals surface area contributed by atoms with E-state index in [2.05, 4.69) is 4.90 Å². The van der Waals surface area contributed by atoms with Crippen molar-refractivity contribution < 1.29 is 4.79 Å². The largest absolute Gasteiger partial charge is 0.301 e. The number of ketones is 1. The molecule has 0 aromatic heterocycles. The van der Waals surface area contributed by atoms with Crippen molar-refractivity contribution in [3.8, 4) is 0 Å². The zero-order valence-corrected chi connectivity index (χ0v) is 11.3. The molecule has 17 heavy (non-hydrogen) atoms. The molecule has 1 aromatic carbocycles. The predicted octanol–water partition coefficient (Wildman–Crippen LogP) is 2.96. The van der Waals surface area contributed by atoms with Gasteiger partial charge in [0.1, 0.15) is 0 Å². The highest BCUT2D eigenvalue weighted by molar-refractivity contribution is 7.99. The molecule has 2 nitrogen and oxygen atoms in total. The van der Waals surface area contributed by atoms with Crippen LogP contribution in [0.25, 0.3) is 0 Å². The van der Waals surface area contributed by atoms with Crippen molar-refractivity contribution >= 4 is 29.1 Å². The van der Waals surface area contributed by atoms with Crippen LogP contribution in [0.3, 0.4) is 0 Å². The molecule has 0 N–H and O–H groups in total. The summed E-state index contributed by atoms with van der Waals surface area (Å²) in [6.45, 7) is 3.10. The Balaban J connectivity index is 1.82. The molecule has 0 aliphatic carbocycles. The summed E-state index contributed by atoms with van der Waals surface area (Å²) in [5.41, 5.74) is 0.765. The standard InChI is InChI=1S/C13H16ClNOS/c14-12-3-1-11(2-4-12)13(16)5-6-15-7-9-17-10-8-15/h1-4H,5-10H2. The van der Waals surface area contributed by atoms with Crippen molar-refractivity contribution in [3.63, 3.8) is 0 Å². The Morgan fingerprint density at radius 1 is 1.24 bits per heavy atom. The average Bonchev–Trinajstić information content (AvgIpc) is 2.38. The third kappa shape index (κ3) is 4.02. The van der Waals surface area contributed by atoms with Crippen LogP contribution in [-0.4, -0.2) is 41.8 Å². The quantitative estimate of drug-likeness (QED) is 0.784. The molecule has 1 saturated heterocycles. The van der Waals surface area contributed by atoms with E-state index in [1.807, 2.05) is 11.8 Å². The Kier molecular flexibility index (Phi) is 4.89. The van der Waals surface area contributed by atoms with E-state index in [4.69, 9.17) is 11.6 Å². The van der Waals surface area contributed by atoms with Gasteiger partial charge in [-0.15, -0.1) is 0 Å². The highest BCUT2D eigenvalue weighted by atomic mass is 35.5. The lowest BCUT2D eigenvalue weighted by Gasteiger charge is -2.25. The normalized spacial score (nSPS) is 17.0. The topological polar surface area (TPSA) is 20.3 Å². The van der Waals surface area contributed by atoms with Gasteiger partial charge in [-0.25, -0.2) is 0 Å². The average molecular weight is 270 g/mol. The van der Waals surface area contributed by atoms with Gasteiger partial charge >= 0.3 is 0 Å². The van der Waals surface area contributed by atoms with Gasteiger partial charge in [0, 0.05) is 48.1 Å². The molecule has 0 unspecified atom stereocenters. The maximum atomic E-state index is 11.9. The first kappa shape index (κ1) is 12.9. The molecular formula is C13H16ClNOS. The van der Waals surface area contributed by atoms with Crippen molar-refractivity contribution in [2.75, 3.05) is 31.1 Å². The first-order valence-electron chi connectivity index (χ1n) is 5.84. The fourth-order valence-electron chi connectivity index (χ4n) is 1.86. The smallest absolute Gasteiger partial charge is 0.164 e.